The molecule has 2 rings (SSSR count). The van der Waals surface area contributed by atoms with Crippen molar-refractivity contribution in [1.82, 2.24) is 10.2 Å². The lowest BCUT2D eigenvalue weighted by molar-refractivity contribution is -0.141. The van der Waals surface area contributed by atoms with Crippen LogP contribution in [0.3, 0.4) is 0 Å². The Morgan fingerprint density at radius 2 is 1.87 bits per heavy atom. The van der Waals surface area contributed by atoms with Crippen LogP contribution in [0.25, 0.3) is 0 Å². The zero-order valence-electron chi connectivity index (χ0n) is 17.5. The van der Waals surface area contributed by atoms with Crippen molar-refractivity contribution in [1.29, 1.82) is 0 Å². The Morgan fingerprint density at radius 1 is 1.17 bits per heavy atom. The van der Waals surface area contributed by atoms with Crippen molar-refractivity contribution in [2.75, 3.05) is 13.2 Å². The van der Waals surface area contributed by atoms with E-state index in [4.69, 9.17) is 16.3 Å². The Balaban J connectivity index is 2.09. The minimum Gasteiger partial charge on any atom is -0.483 e. The second kappa shape index (κ2) is 12.0. The summed E-state index contributed by atoms with van der Waals surface area (Å²) in [5.41, 5.74) is 1.10. The molecular formula is C23H28BrClN2O3. The van der Waals surface area contributed by atoms with Crippen LogP contribution in [0.4, 0.5) is 0 Å². The van der Waals surface area contributed by atoms with E-state index >= 15 is 0 Å². The number of hydrogen-bond acceptors (Lipinski definition) is 3. The molecule has 0 heterocycles. The summed E-state index contributed by atoms with van der Waals surface area (Å²) in [6.07, 6.45) is 1.47. The summed E-state index contributed by atoms with van der Waals surface area (Å²) in [4.78, 5) is 27.2. The standard InChI is InChI=1S/C23H28BrClN2O3/c1-4-16(2)26-23(29)17(3)27(13-12-18-8-6-5-7-9-18)22(28)15-30-21-11-10-19(25)14-20(21)24/h5-11,14,16-17H,4,12-13,15H2,1-3H3,(H,26,29). The molecule has 2 aromatic rings. The molecule has 1 N–H and O–H groups in total. The van der Waals surface area contributed by atoms with Crippen LogP contribution in [0.2, 0.25) is 5.02 Å². The molecule has 30 heavy (non-hydrogen) atoms. The van der Waals surface area contributed by atoms with Gasteiger partial charge in [0, 0.05) is 17.6 Å². The Hall–Kier alpha value is -2.05. The maximum absolute atomic E-state index is 13.0. The Labute approximate surface area is 191 Å². The topological polar surface area (TPSA) is 58.6 Å². The fourth-order valence-electron chi connectivity index (χ4n) is 2.85. The number of benzene rings is 2. The lowest BCUT2D eigenvalue weighted by atomic mass is 10.1. The van der Waals surface area contributed by atoms with E-state index in [1.54, 1.807) is 30.0 Å². The summed E-state index contributed by atoms with van der Waals surface area (Å²) in [7, 11) is 0. The van der Waals surface area contributed by atoms with E-state index in [0.29, 0.717) is 28.2 Å². The van der Waals surface area contributed by atoms with Gasteiger partial charge in [0.05, 0.1) is 4.47 Å². The molecule has 5 nitrogen and oxygen atoms in total. The molecule has 2 aromatic carbocycles. The van der Waals surface area contributed by atoms with E-state index in [1.807, 2.05) is 44.2 Å². The molecule has 0 saturated carbocycles. The van der Waals surface area contributed by atoms with Gasteiger partial charge in [-0.05, 0) is 66.4 Å². The van der Waals surface area contributed by atoms with Gasteiger partial charge in [-0.15, -0.1) is 0 Å². The maximum atomic E-state index is 13.0. The Kier molecular flexibility index (Phi) is 9.66. The molecule has 0 bridgehead atoms. The first-order chi connectivity index (χ1) is 14.3. The fourth-order valence-corrected chi connectivity index (χ4v) is 3.65. The third-order valence-electron chi connectivity index (χ3n) is 4.90. The van der Waals surface area contributed by atoms with E-state index < -0.39 is 6.04 Å². The average Bonchev–Trinajstić information content (AvgIpc) is 2.73. The van der Waals surface area contributed by atoms with Gasteiger partial charge >= 0.3 is 0 Å². The van der Waals surface area contributed by atoms with Crippen LogP contribution in [0.15, 0.2) is 53.0 Å². The van der Waals surface area contributed by atoms with Gasteiger partial charge in [0.2, 0.25) is 5.91 Å². The number of amides is 2. The second-order valence-electron chi connectivity index (χ2n) is 7.18. The van der Waals surface area contributed by atoms with Gasteiger partial charge in [-0.1, -0.05) is 48.9 Å². The smallest absolute Gasteiger partial charge is 0.261 e. The molecule has 2 atom stereocenters. The summed E-state index contributed by atoms with van der Waals surface area (Å²) in [6.45, 7) is 5.95. The molecule has 7 heteroatoms. The maximum Gasteiger partial charge on any atom is 0.261 e. The number of carbonyl (C=O) groups excluding carboxylic acids is 2. The minimum absolute atomic E-state index is 0.0484. The molecule has 0 radical (unpaired) electrons. The Morgan fingerprint density at radius 3 is 2.50 bits per heavy atom. The van der Waals surface area contributed by atoms with Crippen LogP contribution < -0.4 is 10.1 Å². The molecule has 0 aliphatic carbocycles. The van der Waals surface area contributed by atoms with Crippen molar-refractivity contribution in [2.24, 2.45) is 0 Å². The largest absolute Gasteiger partial charge is 0.483 e. The van der Waals surface area contributed by atoms with Crippen molar-refractivity contribution in [2.45, 2.75) is 45.7 Å². The van der Waals surface area contributed by atoms with Gasteiger partial charge in [-0.2, -0.15) is 0 Å². The number of rotatable bonds is 10. The second-order valence-corrected chi connectivity index (χ2v) is 8.47. The van der Waals surface area contributed by atoms with Crippen molar-refractivity contribution in [3.8, 4) is 5.75 Å². The van der Waals surface area contributed by atoms with Crippen LogP contribution in [0.5, 0.6) is 5.75 Å². The number of hydrogen-bond donors (Lipinski definition) is 1. The van der Waals surface area contributed by atoms with Crippen LogP contribution in [-0.4, -0.2) is 41.9 Å². The summed E-state index contributed by atoms with van der Waals surface area (Å²) >= 11 is 9.34. The number of nitrogens with one attached hydrogen (secondary N) is 1. The monoisotopic (exact) mass is 494 g/mol. The molecular weight excluding hydrogens is 468 g/mol. The number of carbonyl (C=O) groups is 2. The normalized spacial score (nSPS) is 12.7. The summed E-state index contributed by atoms with van der Waals surface area (Å²) in [5.74, 6) is 0.102. The number of ether oxygens (including phenoxy) is 1. The van der Waals surface area contributed by atoms with E-state index in [0.717, 1.165) is 12.0 Å². The zero-order chi connectivity index (χ0) is 22.1. The first kappa shape index (κ1) is 24.2. The summed E-state index contributed by atoms with van der Waals surface area (Å²) in [5, 5.41) is 3.53. The predicted molar refractivity (Wildman–Crippen MR) is 124 cm³/mol. The molecule has 0 fully saturated rings. The lowest BCUT2D eigenvalue weighted by Crippen LogP contribution is -2.51. The zero-order valence-corrected chi connectivity index (χ0v) is 19.9. The van der Waals surface area contributed by atoms with Crippen LogP contribution >= 0.6 is 27.5 Å². The summed E-state index contributed by atoms with van der Waals surface area (Å²) in [6, 6.07) is 14.4. The van der Waals surface area contributed by atoms with Gasteiger partial charge in [0.15, 0.2) is 6.61 Å². The highest BCUT2D eigenvalue weighted by atomic mass is 79.9. The van der Waals surface area contributed by atoms with Gasteiger partial charge in [-0.25, -0.2) is 0 Å². The van der Waals surface area contributed by atoms with Crippen molar-refractivity contribution < 1.29 is 14.3 Å². The molecule has 0 spiro atoms. The third-order valence-corrected chi connectivity index (χ3v) is 5.75. The quantitative estimate of drug-likeness (QED) is 0.512. The van der Waals surface area contributed by atoms with Crippen LogP contribution in [-0.2, 0) is 16.0 Å². The first-order valence-electron chi connectivity index (χ1n) is 10.0. The van der Waals surface area contributed by atoms with E-state index in [2.05, 4.69) is 21.2 Å². The first-order valence-corrected chi connectivity index (χ1v) is 11.2. The van der Waals surface area contributed by atoms with Crippen molar-refractivity contribution in [3.05, 3.63) is 63.6 Å². The number of nitrogens with zero attached hydrogens (tertiary/aromatic N) is 1. The lowest BCUT2D eigenvalue weighted by Gasteiger charge is -2.29. The van der Waals surface area contributed by atoms with E-state index in [9.17, 15) is 9.59 Å². The minimum atomic E-state index is -0.604. The van der Waals surface area contributed by atoms with Gasteiger partial charge in [-0.3, -0.25) is 9.59 Å². The highest BCUT2D eigenvalue weighted by Gasteiger charge is 2.26. The van der Waals surface area contributed by atoms with Crippen LogP contribution in [0, 0.1) is 0 Å². The third kappa shape index (κ3) is 7.33. The summed E-state index contributed by atoms with van der Waals surface area (Å²) < 4.78 is 6.36. The molecule has 0 aliphatic rings. The van der Waals surface area contributed by atoms with E-state index in [1.165, 1.54) is 0 Å². The average molecular weight is 496 g/mol. The van der Waals surface area contributed by atoms with Crippen molar-refractivity contribution in [3.63, 3.8) is 0 Å². The van der Waals surface area contributed by atoms with Gasteiger partial charge in [0.25, 0.3) is 5.91 Å². The highest BCUT2D eigenvalue weighted by molar-refractivity contribution is 9.10. The SMILES string of the molecule is CCC(C)NC(=O)C(C)N(CCc1ccccc1)C(=O)COc1ccc(Cl)cc1Br. The number of halogens is 2. The molecule has 0 aliphatic heterocycles. The van der Waals surface area contributed by atoms with Crippen molar-refractivity contribution >= 4 is 39.3 Å². The fraction of sp³-hybridized carbons (Fsp3) is 0.391. The van der Waals surface area contributed by atoms with Crippen LogP contribution in [0.1, 0.15) is 32.8 Å². The highest BCUT2D eigenvalue weighted by Crippen LogP contribution is 2.28. The molecule has 2 amide bonds. The van der Waals surface area contributed by atoms with E-state index in [-0.39, 0.29) is 24.5 Å². The Bertz CT molecular complexity index is 848. The van der Waals surface area contributed by atoms with Gasteiger partial charge in [0.1, 0.15) is 11.8 Å². The molecule has 0 saturated heterocycles. The molecule has 2 unspecified atom stereocenters. The molecule has 162 valence electrons. The molecule has 0 aromatic heterocycles. The van der Waals surface area contributed by atoms with Gasteiger partial charge < -0.3 is 15.0 Å². The predicted octanol–water partition coefficient (Wildman–Crippen LogP) is 4.86.